The van der Waals surface area contributed by atoms with Crippen molar-refractivity contribution in [1.82, 2.24) is 20.1 Å². The molecule has 3 aromatic rings. The Labute approximate surface area is 155 Å². The zero-order valence-corrected chi connectivity index (χ0v) is 15.5. The fourth-order valence-corrected chi connectivity index (χ4v) is 4.10. The maximum Gasteiger partial charge on any atom is 0.259 e. The van der Waals surface area contributed by atoms with Crippen molar-refractivity contribution in [1.29, 1.82) is 0 Å². The Morgan fingerprint density at radius 1 is 1.38 bits per heavy atom. The van der Waals surface area contributed by atoms with E-state index in [2.05, 4.69) is 39.2 Å². The highest BCUT2D eigenvalue weighted by atomic mass is 32.1. The van der Waals surface area contributed by atoms with E-state index in [1.54, 1.807) is 12.3 Å². The van der Waals surface area contributed by atoms with Gasteiger partial charge in [0.25, 0.3) is 5.91 Å². The van der Waals surface area contributed by atoms with E-state index in [9.17, 15) is 4.79 Å². The van der Waals surface area contributed by atoms with Gasteiger partial charge in [0.15, 0.2) is 5.13 Å². The Bertz CT molecular complexity index is 911. The number of carbonyl (C=O) groups is 1. The van der Waals surface area contributed by atoms with E-state index >= 15 is 0 Å². The number of morpholine rings is 1. The zero-order valence-electron chi connectivity index (χ0n) is 14.7. The number of para-hydroxylation sites is 1. The van der Waals surface area contributed by atoms with Gasteiger partial charge in [-0.05, 0) is 19.9 Å². The van der Waals surface area contributed by atoms with Gasteiger partial charge in [0, 0.05) is 30.4 Å². The monoisotopic (exact) mass is 371 g/mol. The number of rotatable bonds is 4. The number of carbonyl (C=O) groups excluding carboxylic acids is 1. The number of H-pyrrole nitrogens is 1. The predicted octanol–water partition coefficient (Wildman–Crippen LogP) is 2.88. The Morgan fingerprint density at radius 3 is 3.00 bits per heavy atom. The van der Waals surface area contributed by atoms with Gasteiger partial charge in [0.1, 0.15) is 0 Å². The largest absolute Gasteiger partial charge is 0.373 e. The molecule has 1 aliphatic rings. The van der Waals surface area contributed by atoms with E-state index in [4.69, 9.17) is 4.74 Å². The summed E-state index contributed by atoms with van der Waals surface area (Å²) in [5.74, 6) is -0.186. The fourth-order valence-electron chi connectivity index (χ4n) is 3.40. The number of benzene rings is 1. The van der Waals surface area contributed by atoms with Crippen LogP contribution in [0, 0.1) is 0 Å². The normalized spacial score (nSPS) is 21.2. The van der Waals surface area contributed by atoms with Gasteiger partial charge in [-0.3, -0.25) is 20.1 Å². The third kappa shape index (κ3) is 3.62. The van der Waals surface area contributed by atoms with Gasteiger partial charge in [-0.1, -0.05) is 12.1 Å². The standard InChI is InChI=1S/C18H21N5O2S/c1-11-7-23(8-12(2)25-11)9-14-10-26-18(20-14)21-17(24)15-5-3-4-13-6-19-22-16(13)15/h3-6,10-12H,7-9H2,1-2H3,(H,19,22)(H,20,21,24)/t11-,12-/m1/s1. The van der Waals surface area contributed by atoms with E-state index in [0.717, 1.165) is 36.2 Å². The van der Waals surface area contributed by atoms with Gasteiger partial charge in [0.2, 0.25) is 0 Å². The lowest BCUT2D eigenvalue weighted by Gasteiger charge is -2.34. The van der Waals surface area contributed by atoms with Crippen LogP contribution in [0.2, 0.25) is 0 Å². The van der Waals surface area contributed by atoms with Gasteiger partial charge >= 0.3 is 0 Å². The maximum atomic E-state index is 12.6. The quantitative estimate of drug-likeness (QED) is 0.737. The summed E-state index contributed by atoms with van der Waals surface area (Å²) >= 11 is 1.44. The highest BCUT2D eigenvalue weighted by Crippen LogP contribution is 2.21. The van der Waals surface area contributed by atoms with Crippen LogP contribution in [0.3, 0.4) is 0 Å². The summed E-state index contributed by atoms with van der Waals surface area (Å²) in [7, 11) is 0. The molecule has 2 atom stereocenters. The van der Waals surface area contributed by atoms with Crippen LogP contribution >= 0.6 is 11.3 Å². The molecular weight excluding hydrogens is 350 g/mol. The number of amides is 1. The first-order valence-corrected chi connectivity index (χ1v) is 9.52. The smallest absolute Gasteiger partial charge is 0.259 e. The first-order valence-electron chi connectivity index (χ1n) is 8.64. The molecule has 2 aromatic heterocycles. The number of hydrogen-bond acceptors (Lipinski definition) is 6. The molecule has 2 N–H and O–H groups in total. The topological polar surface area (TPSA) is 83.1 Å². The number of nitrogens with one attached hydrogen (secondary N) is 2. The Kier molecular flexibility index (Phi) is 4.71. The van der Waals surface area contributed by atoms with Crippen molar-refractivity contribution in [3.63, 3.8) is 0 Å². The minimum Gasteiger partial charge on any atom is -0.373 e. The second-order valence-electron chi connectivity index (χ2n) is 6.69. The second-order valence-corrected chi connectivity index (χ2v) is 7.55. The van der Waals surface area contributed by atoms with Crippen LogP contribution in [0.5, 0.6) is 0 Å². The van der Waals surface area contributed by atoms with Crippen molar-refractivity contribution in [2.75, 3.05) is 18.4 Å². The highest BCUT2D eigenvalue weighted by Gasteiger charge is 2.23. The number of aromatic nitrogens is 3. The summed E-state index contributed by atoms with van der Waals surface area (Å²) in [6.45, 7) is 6.73. The minimum absolute atomic E-state index is 0.186. The summed E-state index contributed by atoms with van der Waals surface area (Å²) < 4.78 is 5.76. The molecule has 1 saturated heterocycles. The number of anilines is 1. The third-order valence-electron chi connectivity index (χ3n) is 4.37. The lowest BCUT2D eigenvalue weighted by molar-refractivity contribution is -0.0707. The van der Waals surface area contributed by atoms with E-state index in [1.165, 1.54) is 11.3 Å². The molecule has 0 bridgehead atoms. The molecule has 0 unspecified atom stereocenters. The van der Waals surface area contributed by atoms with E-state index in [0.29, 0.717) is 10.7 Å². The molecule has 7 nitrogen and oxygen atoms in total. The molecule has 1 aliphatic heterocycles. The van der Waals surface area contributed by atoms with Gasteiger partial charge in [-0.15, -0.1) is 11.3 Å². The van der Waals surface area contributed by atoms with Crippen molar-refractivity contribution in [2.45, 2.75) is 32.6 Å². The number of fused-ring (bicyclic) bond motifs is 1. The van der Waals surface area contributed by atoms with Crippen molar-refractivity contribution < 1.29 is 9.53 Å². The molecule has 4 rings (SSSR count). The first kappa shape index (κ1) is 17.1. The van der Waals surface area contributed by atoms with Gasteiger partial charge < -0.3 is 4.74 Å². The molecule has 26 heavy (non-hydrogen) atoms. The Morgan fingerprint density at radius 2 is 2.19 bits per heavy atom. The molecule has 0 radical (unpaired) electrons. The summed E-state index contributed by atoms with van der Waals surface area (Å²) in [4.78, 5) is 19.5. The lowest BCUT2D eigenvalue weighted by atomic mass is 10.1. The van der Waals surface area contributed by atoms with Gasteiger partial charge in [-0.25, -0.2) is 4.98 Å². The van der Waals surface area contributed by atoms with E-state index in [1.807, 2.05) is 17.5 Å². The highest BCUT2D eigenvalue weighted by molar-refractivity contribution is 7.14. The number of hydrogen-bond donors (Lipinski definition) is 2. The molecule has 1 aromatic carbocycles. The summed E-state index contributed by atoms with van der Waals surface area (Å²) in [5, 5.41) is 13.3. The van der Waals surface area contributed by atoms with Crippen LogP contribution in [0.15, 0.2) is 29.8 Å². The third-order valence-corrected chi connectivity index (χ3v) is 5.18. The predicted molar refractivity (Wildman–Crippen MR) is 101 cm³/mol. The molecule has 1 amide bonds. The lowest BCUT2D eigenvalue weighted by Crippen LogP contribution is -2.44. The molecule has 3 heterocycles. The number of nitrogens with zero attached hydrogens (tertiary/aromatic N) is 3. The van der Waals surface area contributed by atoms with Gasteiger partial charge in [0.05, 0.1) is 35.2 Å². The van der Waals surface area contributed by atoms with Crippen LogP contribution in [-0.2, 0) is 11.3 Å². The SMILES string of the molecule is C[C@@H]1CN(Cc2csc(NC(=O)c3cccc4cn[nH]c34)n2)C[C@@H](C)O1. The van der Waals surface area contributed by atoms with Crippen LogP contribution in [0.4, 0.5) is 5.13 Å². The molecule has 0 spiro atoms. The van der Waals surface area contributed by atoms with Crippen LogP contribution in [-0.4, -0.2) is 51.3 Å². The first-order chi connectivity index (χ1) is 12.6. The van der Waals surface area contributed by atoms with Crippen molar-refractivity contribution >= 4 is 33.3 Å². The van der Waals surface area contributed by atoms with Crippen molar-refractivity contribution in [3.05, 3.63) is 41.0 Å². The van der Waals surface area contributed by atoms with Crippen LogP contribution in [0.1, 0.15) is 29.9 Å². The molecular formula is C18H21N5O2S. The Balaban J connectivity index is 1.43. The fraction of sp³-hybridized carbons (Fsp3) is 0.389. The summed E-state index contributed by atoms with van der Waals surface area (Å²) in [6.07, 6.45) is 2.16. The summed E-state index contributed by atoms with van der Waals surface area (Å²) in [6, 6.07) is 5.54. The second kappa shape index (κ2) is 7.14. The van der Waals surface area contributed by atoms with Gasteiger partial charge in [-0.2, -0.15) is 5.10 Å². The number of ether oxygens (including phenoxy) is 1. The molecule has 0 saturated carbocycles. The molecule has 8 heteroatoms. The average molecular weight is 371 g/mol. The number of thiazole rings is 1. The van der Waals surface area contributed by atoms with Crippen LogP contribution in [0.25, 0.3) is 10.9 Å². The molecule has 0 aliphatic carbocycles. The van der Waals surface area contributed by atoms with Crippen molar-refractivity contribution in [2.24, 2.45) is 0 Å². The van der Waals surface area contributed by atoms with E-state index < -0.39 is 0 Å². The average Bonchev–Trinajstić information content (AvgIpc) is 3.22. The zero-order chi connectivity index (χ0) is 18.1. The Hall–Kier alpha value is -2.29. The summed E-state index contributed by atoms with van der Waals surface area (Å²) in [5.41, 5.74) is 2.26. The minimum atomic E-state index is -0.186. The number of aromatic amines is 1. The maximum absolute atomic E-state index is 12.6. The molecule has 1 fully saturated rings. The van der Waals surface area contributed by atoms with Crippen molar-refractivity contribution in [3.8, 4) is 0 Å². The van der Waals surface area contributed by atoms with Crippen LogP contribution < -0.4 is 5.32 Å². The molecule has 136 valence electrons. The van der Waals surface area contributed by atoms with E-state index in [-0.39, 0.29) is 18.1 Å².